The summed E-state index contributed by atoms with van der Waals surface area (Å²) in [5.41, 5.74) is 4.93. The highest BCUT2D eigenvalue weighted by Crippen LogP contribution is 2.30. The maximum atomic E-state index is 12.0. The van der Waals surface area contributed by atoms with E-state index in [0.717, 1.165) is 12.8 Å². The standard InChI is InChI=1S/C11H14BrN3O3/c12-8-4-3-7(18-8)9(16)14-11(10(13)15-17)5-1-2-6-11/h3-4,17H,1-2,5-6H2,(H2,13,15)(H,14,16). The number of carbonyl (C=O) groups excluding carboxylic acids is 1. The molecule has 7 heteroatoms. The van der Waals surface area contributed by atoms with Crippen molar-refractivity contribution in [1.82, 2.24) is 5.32 Å². The molecular formula is C11H14BrN3O3. The smallest absolute Gasteiger partial charge is 0.287 e. The normalized spacial score (nSPS) is 18.8. The number of amidine groups is 1. The zero-order valence-corrected chi connectivity index (χ0v) is 11.2. The van der Waals surface area contributed by atoms with Crippen LogP contribution in [0.3, 0.4) is 0 Å². The van der Waals surface area contributed by atoms with Crippen molar-refractivity contribution in [1.29, 1.82) is 0 Å². The first kappa shape index (κ1) is 12.9. The van der Waals surface area contributed by atoms with Gasteiger partial charge in [0.15, 0.2) is 16.3 Å². The molecule has 98 valence electrons. The lowest BCUT2D eigenvalue weighted by molar-refractivity contribution is 0.0893. The average molecular weight is 316 g/mol. The largest absolute Gasteiger partial charge is 0.444 e. The molecule has 1 aromatic heterocycles. The third kappa shape index (κ3) is 2.35. The van der Waals surface area contributed by atoms with E-state index in [0.29, 0.717) is 17.5 Å². The summed E-state index contributed by atoms with van der Waals surface area (Å²) in [4.78, 5) is 12.0. The Morgan fingerprint density at radius 2 is 2.17 bits per heavy atom. The van der Waals surface area contributed by atoms with Crippen LogP contribution in [-0.4, -0.2) is 22.5 Å². The summed E-state index contributed by atoms with van der Waals surface area (Å²) >= 11 is 3.13. The predicted octanol–water partition coefficient (Wildman–Crippen LogP) is 1.83. The molecule has 1 amide bonds. The maximum absolute atomic E-state index is 12.0. The molecule has 1 saturated carbocycles. The predicted molar refractivity (Wildman–Crippen MR) is 68.5 cm³/mol. The van der Waals surface area contributed by atoms with E-state index in [-0.39, 0.29) is 17.5 Å². The summed E-state index contributed by atoms with van der Waals surface area (Å²) in [5.74, 6) is -0.132. The third-order valence-corrected chi connectivity index (χ3v) is 3.63. The monoisotopic (exact) mass is 315 g/mol. The van der Waals surface area contributed by atoms with Crippen LogP contribution in [0.1, 0.15) is 36.2 Å². The van der Waals surface area contributed by atoms with Gasteiger partial charge in [0.25, 0.3) is 5.91 Å². The van der Waals surface area contributed by atoms with Gasteiger partial charge in [-0.2, -0.15) is 0 Å². The molecule has 1 aromatic rings. The second-order valence-corrected chi connectivity index (χ2v) is 5.11. The average Bonchev–Trinajstić information content (AvgIpc) is 2.98. The zero-order valence-electron chi connectivity index (χ0n) is 9.65. The van der Waals surface area contributed by atoms with Crippen LogP contribution in [-0.2, 0) is 0 Å². The van der Waals surface area contributed by atoms with Gasteiger partial charge in [-0.3, -0.25) is 4.79 Å². The van der Waals surface area contributed by atoms with Gasteiger partial charge < -0.3 is 20.7 Å². The minimum absolute atomic E-state index is 0.0407. The molecule has 0 atom stereocenters. The molecule has 1 aliphatic rings. The van der Waals surface area contributed by atoms with Crippen LogP contribution in [0.15, 0.2) is 26.4 Å². The van der Waals surface area contributed by atoms with Crippen LogP contribution in [0, 0.1) is 0 Å². The van der Waals surface area contributed by atoms with Crippen molar-refractivity contribution < 1.29 is 14.4 Å². The van der Waals surface area contributed by atoms with Crippen LogP contribution in [0.2, 0.25) is 0 Å². The van der Waals surface area contributed by atoms with Gasteiger partial charge in [-0.05, 0) is 40.9 Å². The van der Waals surface area contributed by atoms with Crippen LogP contribution >= 0.6 is 15.9 Å². The number of furan rings is 1. The molecule has 0 radical (unpaired) electrons. The van der Waals surface area contributed by atoms with Crippen molar-refractivity contribution in [3.63, 3.8) is 0 Å². The zero-order chi connectivity index (χ0) is 13.2. The van der Waals surface area contributed by atoms with Crippen LogP contribution < -0.4 is 11.1 Å². The summed E-state index contributed by atoms with van der Waals surface area (Å²) in [7, 11) is 0. The van der Waals surface area contributed by atoms with Crippen molar-refractivity contribution in [2.24, 2.45) is 10.9 Å². The lowest BCUT2D eigenvalue weighted by atomic mass is 9.96. The number of hydrogen-bond donors (Lipinski definition) is 3. The van der Waals surface area contributed by atoms with Crippen molar-refractivity contribution in [2.45, 2.75) is 31.2 Å². The van der Waals surface area contributed by atoms with Gasteiger partial charge in [0, 0.05) is 0 Å². The Labute approximate surface area is 112 Å². The molecule has 0 aromatic carbocycles. The Kier molecular flexibility index (Phi) is 3.60. The minimum Gasteiger partial charge on any atom is -0.444 e. The van der Waals surface area contributed by atoms with Crippen LogP contribution in [0.4, 0.5) is 0 Å². The van der Waals surface area contributed by atoms with E-state index < -0.39 is 5.54 Å². The molecule has 2 rings (SSSR count). The second-order valence-electron chi connectivity index (χ2n) is 4.33. The molecule has 1 aliphatic carbocycles. The first-order valence-corrected chi connectivity index (χ1v) is 6.42. The SMILES string of the molecule is N/C(=N/O)C1(NC(=O)c2ccc(Br)o2)CCCC1. The summed E-state index contributed by atoms with van der Waals surface area (Å²) in [5, 5.41) is 14.7. The molecular weight excluding hydrogens is 302 g/mol. The van der Waals surface area contributed by atoms with E-state index in [1.807, 2.05) is 0 Å². The van der Waals surface area contributed by atoms with E-state index in [1.54, 1.807) is 12.1 Å². The molecule has 18 heavy (non-hydrogen) atoms. The van der Waals surface area contributed by atoms with E-state index in [4.69, 9.17) is 15.4 Å². The molecule has 0 bridgehead atoms. The van der Waals surface area contributed by atoms with Crippen molar-refractivity contribution in [3.05, 3.63) is 22.6 Å². The first-order valence-electron chi connectivity index (χ1n) is 5.63. The Hall–Kier alpha value is -1.50. The number of nitrogens with zero attached hydrogens (tertiary/aromatic N) is 1. The van der Waals surface area contributed by atoms with Gasteiger partial charge in [0.1, 0.15) is 5.54 Å². The highest BCUT2D eigenvalue weighted by atomic mass is 79.9. The Bertz CT molecular complexity index is 478. The van der Waals surface area contributed by atoms with Gasteiger partial charge in [-0.25, -0.2) is 0 Å². The number of rotatable bonds is 3. The number of hydrogen-bond acceptors (Lipinski definition) is 4. The van der Waals surface area contributed by atoms with Gasteiger partial charge in [-0.1, -0.05) is 18.0 Å². The fraction of sp³-hybridized carbons (Fsp3) is 0.455. The number of amides is 1. The van der Waals surface area contributed by atoms with Gasteiger partial charge in [0.2, 0.25) is 0 Å². The molecule has 0 unspecified atom stereocenters. The van der Waals surface area contributed by atoms with Crippen LogP contribution in [0.5, 0.6) is 0 Å². The maximum Gasteiger partial charge on any atom is 0.287 e. The van der Waals surface area contributed by atoms with Gasteiger partial charge in [-0.15, -0.1) is 0 Å². The summed E-state index contributed by atoms with van der Waals surface area (Å²) in [6, 6.07) is 3.20. The molecule has 6 nitrogen and oxygen atoms in total. The molecule has 0 spiro atoms. The molecule has 1 heterocycles. The lowest BCUT2D eigenvalue weighted by Crippen LogP contribution is -2.55. The number of halogens is 1. The first-order chi connectivity index (χ1) is 8.57. The van der Waals surface area contributed by atoms with E-state index in [2.05, 4.69) is 26.4 Å². The van der Waals surface area contributed by atoms with Gasteiger partial charge >= 0.3 is 0 Å². The number of oxime groups is 1. The third-order valence-electron chi connectivity index (χ3n) is 3.20. The Morgan fingerprint density at radius 1 is 1.50 bits per heavy atom. The summed E-state index contributed by atoms with van der Waals surface area (Å²) in [6.45, 7) is 0. The van der Waals surface area contributed by atoms with Gasteiger partial charge in [0.05, 0.1) is 0 Å². The number of carbonyl (C=O) groups is 1. The highest BCUT2D eigenvalue weighted by Gasteiger charge is 2.40. The topological polar surface area (TPSA) is 101 Å². The summed E-state index contributed by atoms with van der Waals surface area (Å²) < 4.78 is 5.66. The van der Waals surface area contributed by atoms with E-state index in [1.165, 1.54) is 0 Å². The number of nitrogens with one attached hydrogen (secondary N) is 1. The van der Waals surface area contributed by atoms with E-state index >= 15 is 0 Å². The van der Waals surface area contributed by atoms with Crippen molar-refractivity contribution in [2.75, 3.05) is 0 Å². The quantitative estimate of drug-likeness (QED) is 0.343. The fourth-order valence-corrected chi connectivity index (χ4v) is 2.54. The highest BCUT2D eigenvalue weighted by molar-refractivity contribution is 9.10. The van der Waals surface area contributed by atoms with Crippen molar-refractivity contribution in [3.8, 4) is 0 Å². The number of nitrogens with two attached hydrogens (primary N) is 1. The Morgan fingerprint density at radius 3 is 2.67 bits per heavy atom. The second kappa shape index (κ2) is 5.01. The van der Waals surface area contributed by atoms with Crippen LogP contribution in [0.25, 0.3) is 0 Å². The summed E-state index contributed by atoms with van der Waals surface area (Å²) in [6.07, 6.45) is 3.18. The molecule has 0 aliphatic heterocycles. The molecule has 0 saturated heterocycles. The lowest BCUT2D eigenvalue weighted by Gasteiger charge is -2.28. The van der Waals surface area contributed by atoms with Crippen molar-refractivity contribution >= 4 is 27.7 Å². The molecule has 4 N–H and O–H groups in total. The Balaban J connectivity index is 2.17. The molecule has 1 fully saturated rings. The fourth-order valence-electron chi connectivity index (χ4n) is 2.23. The van der Waals surface area contributed by atoms with E-state index in [9.17, 15) is 4.79 Å². The minimum atomic E-state index is -0.759.